The lowest BCUT2D eigenvalue weighted by Gasteiger charge is -2.35. The molecule has 0 radical (unpaired) electrons. The minimum absolute atomic E-state index is 0. The van der Waals surface area contributed by atoms with Gasteiger partial charge in [-0.05, 0) is 106 Å². The molecule has 3 N–H and O–H groups in total. The fraction of sp³-hybridized carbons (Fsp3) is 0.321. The second-order valence-corrected chi connectivity index (χ2v) is 20.3. The average Bonchev–Trinajstić information content (AvgIpc) is 3.42. The zero-order valence-corrected chi connectivity index (χ0v) is 45.6. The third-order valence-corrected chi connectivity index (χ3v) is 14.6. The highest BCUT2D eigenvalue weighted by atomic mass is 35.5. The van der Waals surface area contributed by atoms with Crippen molar-refractivity contribution in [3.63, 3.8) is 0 Å². The fourth-order valence-electron chi connectivity index (χ4n) is 8.74. The molecule has 0 unspecified atom stereocenters. The van der Waals surface area contributed by atoms with E-state index in [1.165, 1.54) is 64.3 Å². The summed E-state index contributed by atoms with van der Waals surface area (Å²) in [5, 5.41) is 4.83. The van der Waals surface area contributed by atoms with Crippen LogP contribution in [0.4, 0.5) is 28.7 Å². The number of fused-ring (bicyclic) bond motifs is 2. The van der Waals surface area contributed by atoms with Crippen molar-refractivity contribution in [3.8, 4) is 11.4 Å². The standard InChI is InChI=1S/C25H25Cl2N7O2.C14H10Cl2N4O2S.C12H19N3.2CH4/c1-15-13-16(7-8-20(15)33-11-9-31(2)10-12-33)29-24-28-14-17-22(30-24)32(3)25(36)34(23(17)35)21-18(26)5-4-6-19(21)27;1-19-11-7(6-17-13(18-11)23-2)12(21)20(14(19)22)10-8(15)4-3-5-9(10)16;1-10-9-11(13)3-4-12(10)15-7-5-14(2)6-8-15;;/h4-8,13-14H,9-12H2,1-3H3,(H,28,29,30);3-6H,1-2H3;3-4,9H,5-8,13H2,1-2H3;2*1H4. The van der Waals surface area contributed by atoms with Gasteiger partial charge in [0.05, 0.1) is 31.5 Å². The predicted octanol–water partition coefficient (Wildman–Crippen LogP) is 8.70. The third-order valence-electron chi connectivity index (χ3n) is 12.8. The van der Waals surface area contributed by atoms with Gasteiger partial charge in [0.15, 0.2) is 16.5 Å². The number of nitrogens with zero attached hydrogens (tertiary/aromatic N) is 12. The van der Waals surface area contributed by atoms with Crippen molar-refractivity contribution in [1.29, 1.82) is 0 Å². The number of halogens is 4. The van der Waals surface area contributed by atoms with Crippen molar-refractivity contribution in [2.75, 3.05) is 93.6 Å². The lowest BCUT2D eigenvalue weighted by atomic mass is 10.1. The van der Waals surface area contributed by atoms with Crippen LogP contribution in [0.5, 0.6) is 0 Å². The summed E-state index contributed by atoms with van der Waals surface area (Å²) in [5.74, 6) is 0.275. The number of aromatic nitrogens is 8. The van der Waals surface area contributed by atoms with Crippen molar-refractivity contribution in [3.05, 3.63) is 158 Å². The minimum Gasteiger partial charge on any atom is -0.399 e. The highest BCUT2D eigenvalue weighted by Crippen LogP contribution is 2.30. The molecule has 2 aliphatic heterocycles. The molecule has 23 heteroatoms. The summed E-state index contributed by atoms with van der Waals surface area (Å²) in [6, 6.07) is 21.8. The first kappa shape index (κ1) is 58.8. The first-order chi connectivity index (χ1) is 35.4. The number of nitrogens with one attached hydrogen (secondary N) is 1. The van der Waals surface area contributed by atoms with Crippen LogP contribution in [0.1, 0.15) is 26.0 Å². The Balaban J connectivity index is 0.000000201. The number of thioether (sulfide) groups is 1. The van der Waals surface area contributed by atoms with Crippen LogP contribution in [0.2, 0.25) is 20.1 Å². The zero-order chi connectivity index (χ0) is 53.1. The molecule has 0 aliphatic carbocycles. The Labute approximate surface area is 465 Å². The highest BCUT2D eigenvalue weighted by molar-refractivity contribution is 7.98. The predicted molar refractivity (Wildman–Crippen MR) is 316 cm³/mol. The second-order valence-electron chi connectivity index (χ2n) is 17.9. The maximum atomic E-state index is 13.3. The van der Waals surface area contributed by atoms with Gasteiger partial charge in [-0.15, -0.1) is 0 Å². The zero-order valence-electron chi connectivity index (χ0n) is 41.7. The number of anilines is 5. The Morgan fingerprint density at radius 3 is 1.42 bits per heavy atom. The molecule has 0 amide bonds. The van der Waals surface area contributed by atoms with Gasteiger partial charge in [0.2, 0.25) is 5.95 Å². The molecule has 0 spiro atoms. The molecular weight excluding hydrogens is 1070 g/mol. The van der Waals surface area contributed by atoms with Crippen molar-refractivity contribution in [2.24, 2.45) is 14.1 Å². The van der Waals surface area contributed by atoms with Crippen LogP contribution in [0.25, 0.3) is 33.4 Å². The molecule has 8 aromatic rings. The lowest BCUT2D eigenvalue weighted by molar-refractivity contribution is 0.312. The smallest absolute Gasteiger partial charge is 0.337 e. The lowest BCUT2D eigenvalue weighted by Crippen LogP contribution is -2.44. The van der Waals surface area contributed by atoms with Gasteiger partial charge < -0.3 is 30.7 Å². The first-order valence-corrected chi connectivity index (χ1v) is 26.1. The molecule has 2 saturated heterocycles. The van der Waals surface area contributed by atoms with Gasteiger partial charge in [0.1, 0.15) is 10.8 Å². The first-order valence-electron chi connectivity index (χ1n) is 23.4. The third kappa shape index (κ3) is 12.4. The SMILES string of the molecule is C.C.CSc1ncc2c(=O)n(-c3c(Cl)cccc3Cl)c(=O)n(C)c2n1.Cc1cc(N)ccc1N1CCN(C)CC1.Cc1cc(Nc2ncc3c(=O)n(-c4c(Cl)cccc4Cl)c(=O)n(C)c3n2)ccc1N1CCN(C)CC1. The number of para-hydroxylation sites is 2. The molecule has 4 aromatic heterocycles. The van der Waals surface area contributed by atoms with Gasteiger partial charge in [-0.25, -0.2) is 33.7 Å². The van der Waals surface area contributed by atoms with Crippen molar-refractivity contribution < 1.29 is 0 Å². The summed E-state index contributed by atoms with van der Waals surface area (Å²) < 4.78 is 4.45. The summed E-state index contributed by atoms with van der Waals surface area (Å²) in [6.07, 6.45) is 4.61. The number of piperazine rings is 2. The topological polar surface area (TPSA) is 191 Å². The summed E-state index contributed by atoms with van der Waals surface area (Å²) >= 11 is 26.1. The molecule has 76 heavy (non-hydrogen) atoms. The van der Waals surface area contributed by atoms with Crippen LogP contribution in [0, 0.1) is 13.8 Å². The summed E-state index contributed by atoms with van der Waals surface area (Å²) in [6.45, 7) is 12.8. The Kier molecular flexibility index (Phi) is 19.5. The van der Waals surface area contributed by atoms with E-state index in [2.05, 4.69) is 84.9 Å². The van der Waals surface area contributed by atoms with Crippen LogP contribution in [0.15, 0.2) is 110 Å². The van der Waals surface area contributed by atoms with Gasteiger partial charge in [-0.1, -0.05) is 85.2 Å². The van der Waals surface area contributed by atoms with E-state index in [0.29, 0.717) is 5.16 Å². The largest absolute Gasteiger partial charge is 0.399 e. The van der Waals surface area contributed by atoms with Crippen LogP contribution in [0.3, 0.4) is 0 Å². The Hall–Kier alpha value is -6.45. The van der Waals surface area contributed by atoms with E-state index >= 15 is 0 Å². The normalized spacial score (nSPS) is 13.8. The summed E-state index contributed by atoms with van der Waals surface area (Å²) in [7, 11) is 7.38. The van der Waals surface area contributed by atoms with E-state index in [9.17, 15) is 19.2 Å². The number of hydrogen-bond acceptors (Lipinski definition) is 15. The fourth-order valence-corrected chi connectivity index (χ4v) is 10.2. The van der Waals surface area contributed by atoms with E-state index in [1.54, 1.807) is 36.4 Å². The van der Waals surface area contributed by atoms with E-state index in [0.717, 1.165) is 78.4 Å². The highest BCUT2D eigenvalue weighted by Gasteiger charge is 2.22. The van der Waals surface area contributed by atoms with Crippen LogP contribution in [-0.4, -0.2) is 121 Å². The molecule has 0 bridgehead atoms. The minimum atomic E-state index is -0.612. The summed E-state index contributed by atoms with van der Waals surface area (Å²) in [4.78, 5) is 78.4. The average molecular weight is 1130 g/mol. The van der Waals surface area contributed by atoms with Gasteiger partial charge in [-0.3, -0.25) is 18.7 Å². The number of rotatable bonds is 7. The molecule has 2 aliphatic rings. The number of hydrogen-bond donors (Lipinski definition) is 2. The van der Waals surface area contributed by atoms with Crippen molar-refractivity contribution >= 4 is 109 Å². The number of likely N-dealkylation sites (N-methyl/N-ethyl adjacent to an activating group) is 2. The maximum absolute atomic E-state index is 13.3. The molecule has 10 rings (SSSR count). The maximum Gasteiger partial charge on any atom is 0.337 e. The molecule has 2 fully saturated rings. The van der Waals surface area contributed by atoms with E-state index in [-0.39, 0.29) is 74.3 Å². The molecule has 0 saturated carbocycles. The van der Waals surface area contributed by atoms with E-state index in [1.807, 2.05) is 30.5 Å². The molecule has 18 nitrogen and oxygen atoms in total. The molecule has 6 heterocycles. The number of nitrogens with two attached hydrogens (primary N) is 1. The number of aryl methyl sites for hydroxylation is 4. The van der Waals surface area contributed by atoms with Gasteiger partial charge >= 0.3 is 11.4 Å². The van der Waals surface area contributed by atoms with Crippen molar-refractivity contribution in [1.82, 2.24) is 48.0 Å². The second kappa shape index (κ2) is 25.1. The molecular formula is C53H62Cl4N14O4S. The molecule has 4 aromatic carbocycles. The summed E-state index contributed by atoms with van der Waals surface area (Å²) in [5.41, 5.74) is 10.8. The Morgan fingerprint density at radius 2 is 0.987 bits per heavy atom. The van der Waals surface area contributed by atoms with Crippen LogP contribution >= 0.6 is 58.2 Å². The van der Waals surface area contributed by atoms with E-state index in [4.69, 9.17) is 52.1 Å². The Morgan fingerprint density at radius 1 is 0.566 bits per heavy atom. The number of benzene rings is 4. The Bertz CT molecular complexity index is 3630. The van der Waals surface area contributed by atoms with Gasteiger partial charge in [0.25, 0.3) is 11.1 Å². The van der Waals surface area contributed by atoms with Crippen LogP contribution in [-0.2, 0) is 14.1 Å². The van der Waals surface area contributed by atoms with Gasteiger partial charge in [-0.2, -0.15) is 4.98 Å². The van der Waals surface area contributed by atoms with E-state index < -0.39 is 22.5 Å². The molecule has 402 valence electrons. The van der Waals surface area contributed by atoms with Crippen LogP contribution < -0.4 is 43.3 Å². The quantitative estimate of drug-likeness (QED) is 0.0875. The van der Waals surface area contributed by atoms with Crippen molar-refractivity contribution in [2.45, 2.75) is 33.9 Å². The monoisotopic (exact) mass is 1130 g/mol. The van der Waals surface area contributed by atoms with Gasteiger partial charge in [0, 0.05) is 102 Å². The molecule has 0 atom stereocenters. The number of nitrogen functional groups attached to an aromatic ring is 1.